The summed E-state index contributed by atoms with van der Waals surface area (Å²) in [4.78, 5) is 6.94. The summed E-state index contributed by atoms with van der Waals surface area (Å²) in [6.07, 6.45) is 3.02. The molecule has 1 atom stereocenters. The number of pyridine rings is 1. The van der Waals surface area contributed by atoms with Crippen LogP contribution >= 0.6 is 11.8 Å². The van der Waals surface area contributed by atoms with Gasteiger partial charge in [-0.2, -0.15) is 11.8 Å². The molecule has 1 aromatic rings. The molecule has 2 heterocycles. The highest BCUT2D eigenvalue weighted by Gasteiger charge is 2.20. The fourth-order valence-corrected chi connectivity index (χ4v) is 3.41. The molecule has 0 N–H and O–H groups in total. The first-order valence-corrected chi connectivity index (χ1v) is 7.79. The van der Waals surface area contributed by atoms with E-state index in [1.165, 1.54) is 17.9 Å². The van der Waals surface area contributed by atoms with Crippen LogP contribution in [0.4, 0.5) is 0 Å². The molecule has 106 valence electrons. The highest BCUT2D eigenvalue weighted by atomic mass is 32.2. The van der Waals surface area contributed by atoms with Gasteiger partial charge < -0.3 is 9.47 Å². The number of rotatable bonds is 4. The summed E-state index contributed by atoms with van der Waals surface area (Å²) in [5.74, 6) is 3.95. The second kappa shape index (κ2) is 7.01. The van der Waals surface area contributed by atoms with Crippen molar-refractivity contribution < 1.29 is 9.47 Å². The maximum absolute atomic E-state index is 5.46. The van der Waals surface area contributed by atoms with E-state index in [0.717, 1.165) is 30.3 Å². The van der Waals surface area contributed by atoms with Crippen molar-refractivity contribution in [3.63, 3.8) is 0 Å². The number of thioether (sulfide) groups is 1. The van der Waals surface area contributed by atoms with Gasteiger partial charge in [-0.3, -0.25) is 9.88 Å². The van der Waals surface area contributed by atoms with Crippen molar-refractivity contribution >= 4 is 11.8 Å². The van der Waals surface area contributed by atoms with Crippen LogP contribution in [0, 0.1) is 0 Å². The maximum Gasteiger partial charge on any atom is 0.183 e. The Hall–Kier alpha value is -0.940. The summed E-state index contributed by atoms with van der Waals surface area (Å²) in [6.45, 7) is 4.22. The topological polar surface area (TPSA) is 34.6 Å². The van der Waals surface area contributed by atoms with Gasteiger partial charge in [0.1, 0.15) is 5.69 Å². The Labute approximate surface area is 119 Å². The molecule has 0 radical (unpaired) electrons. The largest absolute Gasteiger partial charge is 0.493 e. The van der Waals surface area contributed by atoms with Gasteiger partial charge in [-0.05, 0) is 19.1 Å². The fraction of sp³-hybridized carbons (Fsp3) is 0.643. The lowest BCUT2D eigenvalue weighted by molar-refractivity contribution is 0.206. The van der Waals surface area contributed by atoms with E-state index in [2.05, 4.69) is 16.8 Å². The van der Waals surface area contributed by atoms with Gasteiger partial charge in [0.15, 0.2) is 11.5 Å². The first kappa shape index (κ1) is 14.5. The molecule has 5 heteroatoms. The lowest BCUT2D eigenvalue weighted by Crippen LogP contribution is -2.33. The third kappa shape index (κ3) is 3.54. The van der Waals surface area contributed by atoms with Crippen LogP contribution in [0.3, 0.4) is 0 Å². The first-order chi connectivity index (χ1) is 9.26. The van der Waals surface area contributed by atoms with Crippen molar-refractivity contribution in [1.82, 2.24) is 9.88 Å². The van der Waals surface area contributed by atoms with Gasteiger partial charge in [0.2, 0.25) is 0 Å². The number of methoxy groups -OCH3 is 2. The lowest BCUT2D eigenvalue weighted by Gasteiger charge is -2.26. The van der Waals surface area contributed by atoms with Gasteiger partial charge in [0.25, 0.3) is 0 Å². The average Bonchev–Trinajstić information content (AvgIpc) is 2.64. The van der Waals surface area contributed by atoms with E-state index in [9.17, 15) is 0 Å². The van der Waals surface area contributed by atoms with E-state index in [1.807, 2.05) is 17.8 Å². The van der Waals surface area contributed by atoms with Crippen molar-refractivity contribution in [3.05, 3.63) is 18.0 Å². The average molecular weight is 282 g/mol. The summed E-state index contributed by atoms with van der Waals surface area (Å²) in [5.41, 5.74) is 0.959. The Balaban J connectivity index is 2.17. The number of aromatic nitrogens is 1. The molecular formula is C14H22N2O2S. The van der Waals surface area contributed by atoms with E-state index in [4.69, 9.17) is 9.47 Å². The van der Waals surface area contributed by atoms with Gasteiger partial charge in [-0.15, -0.1) is 0 Å². The van der Waals surface area contributed by atoms with Crippen molar-refractivity contribution in [2.75, 3.05) is 32.3 Å². The monoisotopic (exact) mass is 282 g/mol. The zero-order chi connectivity index (χ0) is 13.7. The molecule has 4 nitrogen and oxygen atoms in total. The molecule has 0 unspecified atom stereocenters. The van der Waals surface area contributed by atoms with Gasteiger partial charge in [0.05, 0.1) is 14.2 Å². The van der Waals surface area contributed by atoms with E-state index in [1.54, 1.807) is 20.4 Å². The zero-order valence-electron chi connectivity index (χ0n) is 11.9. The number of hydrogen-bond donors (Lipinski definition) is 0. The molecule has 1 aliphatic rings. The van der Waals surface area contributed by atoms with Crippen LogP contribution in [0.5, 0.6) is 11.5 Å². The van der Waals surface area contributed by atoms with Crippen LogP contribution in [-0.4, -0.2) is 48.2 Å². The summed E-state index contributed by atoms with van der Waals surface area (Å²) >= 11 is 2.03. The summed E-state index contributed by atoms with van der Waals surface area (Å²) in [6, 6.07) is 2.43. The molecule has 1 fully saturated rings. The second-order valence-corrected chi connectivity index (χ2v) is 5.94. The van der Waals surface area contributed by atoms with Gasteiger partial charge >= 0.3 is 0 Å². The summed E-state index contributed by atoms with van der Waals surface area (Å²) < 4.78 is 10.8. The molecule has 0 aliphatic carbocycles. The molecule has 19 heavy (non-hydrogen) atoms. The third-order valence-corrected chi connectivity index (χ3v) is 4.54. The van der Waals surface area contributed by atoms with Crippen LogP contribution < -0.4 is 9.47 Å². The van der Waals surface area contributed by atoms with Crippen molar-refractivity contribution in [2.24, 2.45) is 0 Å². The predicted octanol–water partition coefficient (Wildman–Crippen LogP) is 2.43. The number of ether oxygens (including phenoxy) is 2. The smallest absolute Gasteiger partial charge is 0.183 e. The molecule has 0 amide bonds. The van der Waals surface area contributed by atoms with E-state index >= 15 is 0 Å². The van der Waals surface area contributed by atoms with Crippen LogP contribution in [0.15, 0.2) is 12.3 Å². The molecule has 1 aromatic heterocycles. The Bertz CT molecular complexity index is 414. The Kier molecular flexibility index (Phi) is 5.34. The van der Waals surface area contributed by atoms with Crippen LogP contribution in [-0.2, 0) is 6.54 Å². The van der Waals surface area contributed by atoms with E-state index in [0.29, 0.717) is 6.04 Å². The molecule has 0 aromatic carbocycles. The molecule has 0 bridgehead atoms. The SMILES string of the molecule is COc1ccnc(CN2CCSCC[C@@H]2C)c1OC. The van der Waals surface area contributed by atoms with Gasteiger partial charge in [-0.25, -0.2) is 0 Å². The van der Waals surface area contributed by atoms with Crippen molar-refractivity contribution in [2.45, 2.75) is 25.9 Å². The Morgan fingerprint density at radius 1 is 1.37 bits per heavy atom. The fourth-order valence-electron chi connectivity index (χ4n) is 2.33. The highest BCUT2D eigenvalue weighted by molar-refractivity contribution is 7.99. The summed E-state index contributed by atoms with van der Waals surface area (Å²) in [5, 5.41) is 0. The molecule has 1 aliphatic heterocycles. The maximum atomic E-state index is 5.46. The minimum atomic E-state index is 0.590. The minimum absolute atomic E-state index is 0.590. The van der Waals surface area contributed by atoms with Crippen LogP contribution in [0.1, 0.15) is 19.0 Å². The van der Waals surface area contributed by atoms with Crippen molar-refractivity contribution in [3.8, 4) is 11.5 Å². The molecular weight excluding hydrogens is 260 g/mol. The minimum Gasteiger partial charge on any atom is -0.493 e. The second-order valence-electron chi connectivity index (χ2n) is 4.71. The molecule has 1 saturated heterocycles. The molecule has 0 spiro atoms. The predicted molar refractivity (Wildman–Crippen MR) is 79.2 cm³/mol. The lowest BCUT2D eigenvalue weighted by atomic mass is 10.2. The quantitative estimate of drug-likeness (QED) is 0.847. The molecule has 0 saturated carbocycles. The Morgan fingerprint density at radius 2 is 2.21 bits per heavy atom. The van der Waals surface area contributed by atoms with E-state index in [-0.39, 0.29) is 0 Å². The summed E-state index contributed by atoms with van der Waals surface area (Å²) in [7, 11) is 3.33. The standard InChI is InChI=1S/C14H22N2O2S/c1-11-5-8-19-9-7-16(11)10-12-14(18-3)13(17-2)4-6-15-12/h4,6,11H,5,7-10H2,1-3H3/t11-/m0/s1. The third-order valence-electron chi connectivity index (χ3n) is 3.55. The zero-order valence-corrected chi connectivity index (χ0v) is 12.7. The van der Waals surface area contributed by atoms with Gasteiger partial charge in [0, 0.05) is 37.1 Å². The highest BCUT2D eigenvalue weighted by Crippen LogP contribution is 2.30. The van der Waals surface area contributed by atoms with Crippen molar-refractivity contribution in [1.29, 1.82) is 0 Å². The number of hydrogen-bond acceptors (Lipinski definition) is 5. The number of nitrogens with zero attached hydrogens (tertiary/aromatic N) is 2. The van der Waals surface area contributed by atoms with Crippen LogP contribution in [0.25, 0.3) is 0 Å². The van der Waals surface area contributed by atoms with E-state index < -0.39 is 0 Å². The normalized spacial score (nSPS) is 20.9. The molecule has 2 rings (SSSR count). The first-order valence-electron chi connectivity index (χ1n) is 6.64. The van der Waals surface area contributed by atoms with Gasteiger partial charge in [-0.1, -0.05) is 0 Å². The van der Waals surface area contributed by atoms with Crippen LogP contribution in [0.2, 0.25) is 0 Å². The Morgan fingerprint density at radius 3 is 2.95 bits per heavy atom.